The first-order valence-corrected chi connectivity index (χ1v) is 27.2. The molecule has 0 aliphatic heterocycles. The maximum Gasteiger partial charge on any atom is 0.185 e. The quantitative estimate of drug-likeness (QED) is 0.0808. The third-order valence-corrected chi connectivity index (χ3v) is 15.7. The van der Waals surface area contributed by atoms with Gasteiger partial charge in [0.2, 0.25) is 0 Å². The zero-order valence-corrected chi connectivity index (χ0v) is 43.0. The number of ketones is 2. The van der Waals surface area contributed by atoms with Gasteiger partial charge in [0.1, 0.15) is 45.8 Å². The van der Waals surface area contributed by atoms with Gasteiger partial charge in [-0.05, 0) is 139 Å². The predicted molar refractivity (Wildman–Crippen MR) is 291 cm³/mol. The summed E-state index contributed by atoms with van der Waals surface area (Å²) < 4.78 is 54.3. The number of pyridine rings is 2. The molecule has 0 aliphatic carbocycles. The number of aryl methyl sites for hydroxylation is 10. The van der Waals surface area contributed by atoms with E-state index in [0.717, 1.165) is 103 Å². The number of carbonyl (C=O) groups is 2. The highest BCUT2D eigenvalue weighted by Gasteiger charge is 2.21. The molecule has 8 aromatic rings. The van der Waals surface area contributed by atoms with Crippen LogP contribution in [-0.2, 0) is 54.9 Å². The molecule has 14 heteroatoms. The van der Waals surface area contributed by atoms with Crippen molar-refractivity contribution >= 4 is 53.3 Å². The summed E-state index contributed by atoms with van der Waals surface area (Å²) in [7, 11) is -7.19. The lowest BCUT2D eigenvalue weighted by molar-refractivity contribution is -0.117. The zero-order chi connectivity index (χ0) is 50.3. The van der Waals surface area contributed by atoms with Gasteiger partial charge in [0.15, 0.2) is 19.7 Å². The fourth-order valence-electron chi connectivity index (χ4n) is 8.74. The molecule has 0 saturated carbocycles. The number of sulfone groups is 2. The SMILES string of the molecule is C.C.CCc1nc2c(C)nc(C)cc2n1-c1ccc(CCCC(=O)CS(=O)(=O)c2ccc(C)cc2)cc1.CCc1nc2c(C)nc(C)cc2n1-c1ccc(CCCC(=O)CS(=O)(=O)c2ccc(C)cc2)cc1. The number of rotatable bonds is 18. The predicted octanol–water partition coefficient (Wildman–Crippen LogP) is 11.8. The minimum Gasteiger partial charge on any atom is -0.299 e. The highest BCUT2D eigenvalue weighted by molar-refractivity contribution is 7.92. The summed E-state index contributed by atoms with van der Waals surface area (Å²) in [6, 6.07) is 33.9. The average Bonchev–Trinajstić information content (AvgIpc) is 3.88. The van der Waals surface area contributed by atoms with Gasteiger partial charge in [-0.3, -0.25) is 28.7 Å². The van der Waals surface area contributed by atoms with Crippen molar-refractivity contribution in [1.29, 1.82) is 0 Å². The van der Waals surface area contributed by atoms with Crippen molar-refractivity contribution in [2.24, 2.45) is 0 Å². The minimum atomic E-state index is -3.60. The number of carbonyl (C=O) groups excluding carboxylic acids is 2. The van der Waals surface area contributed by atoms with Gasteiger partial charge in [-0.1, -0.05) is 88.4 Å². The lowest BCUT2D eigenvalue weighted by Crippen LogP contribution is -2.16. The molecule has 4 heterocycles. The van der Waals surface area contributed by atoms with Crippen LogP contribution in [0.25, 0.3) is 33.4 Å². The van der Waals surface area contributed by atoms with Gasteiger partial charge in [0, 0.05) is 48.4 Å². The maximum absolute atomic E-state index is 12.5. The van der Waals surface area contributed by atoms with Crippen LogP contribution in [-0.4, -0.2) is 69.0 Å². The molecule has 0 spiro atoms. The second-order valence-corrected chi connectivity index (χ2v) is 22.1. The van der Waals surface area contributed by atoms with Crippen LogP contribution >= 0.6 is 0 Å². The Kier molecular flexibility index (Phi) is 18.9. The Hall–Kier alpha value is -6.64. The Morgan fingerprint density at radius 2 is 0.806 bits per heavy atom. The van der Waals surface area contributed by atoms with E-state index in [1.165, 1.54) is 0 Å². The van der Waals surface area contributed by atoms with Crippen molar-refractivity contribution in [1.82, 2.24) is 29.1 Å². The molecule has 0 amide bonds. The third-order valence-electron chi connectivity index (χ3n) is 12.4. The van der Waals surface area contributed by atoms with Crippen LogP contribution in [0.4, 0.5) is 0 Å². The summed E-state index contributed by atoms with van der Waals surface area (Å²) in [6.45, 7) is 15.9. The number of nitrogens with zero attached hydrogens (tertiary/aromatic N) is 6. The van der Waals surface area contributed by atoms with Crippen LogP contribution < -0.4 is 0 Å². The molecule has 12 nitrogen and oxygen atoms in total. The molecule has 0 radical (unpaired) electrons. The summed E-state index contributed by atoms with van der Waals surface area (Å²) in [5, 5.41) is 0. The van der Waals surface area contributed by atoms with Crippen LogP contribution in [0.15, 0.2) is 119 Å². The first-order valence-electron chi connectivity index (χ1n) is 23.9. The van der Waals surface area contributed by atoms with Gasteiger partial charge >= 0.3 is 0 Å². The Bertz CT molecular complexity index is 3170. The van der Waals surface area contributed by atoms with Gasteiger partial charge in [0.25, 0.3) is 0 Å². The van der Waals surface area contributed by atoms with E-state index >= 15 is 0 Å². The number of aromatic nitrogens is 6. The molecule has 0 N–H and O–H groups in total. The maximum atomic E-state index is 12.5. The van der Waals surface area contributed by atoms with Crippen molar-refractivity contribution in [3.05, 3.63) is 166 Å². The van der Waals surface area contributed by atoms with Crippen LogP contribution in [0.3, 0.4) is 0 Å². The first-order chi connectivity index (χ1) is 33.3. The second kappa shape index (κ2) is 24.2. The van der Waals surface area contributed by atoms with Crippen LogP contribution in [0.2, 0.25) is 0 Å². The molecule has 0 bridgehead atoms. The van der Waals surface area contributed by atoms with E-state index in [0.29, 0.717) is 25.7 Å². The minimum absolute atomic E-state index is 0. The highest BCUT2D eigenvalue weighted by atomic mass is 32.2. The Morgan fingerprint density at radius 1 is 0.472 bits per heavy atom. The van der Waals surface area contributed by atoms with Crippen molar-refractivity contribution in [2.75, 3.05) is 11.5 Å². The number of hydrogen-bond donors (Lipinski definition) is 0. The zero-order valence-electron chi connectivity index (χ0n) is 41.4. The van der Waals surface area contributed by atoms with E-state index in [-0.39, 0.29) is 49.1 Å². The summed E-state index contributed by atoms with van der Waals surface area (Å²) >= 11 is 0. The standard InChI is InChI=1S/2C28H31N3O3S.2CH4/c2*1-5-27-30-28-21(4)29-20(3)17-26(28)31(27)23-13-11-22(12-14-23)7-6-8-24(32)18-35(33,34)25-15-9-19(2)10-16-25;;/h2*9-17H,5-8,18H2,1-4H3;2*1H4. The molecule has 0 unspecified atom stereocenters. The van der Waals surface area contributed by atoms with Gasteiger partial charge < -0.3 is 0 Å². The van der Waals surface area contributed by atoms with Gasteiger partial charge in [0.05, 0.1) is 32.2 Å². The van der Waals surface area contributed by atoms with E-state index < -0.39 is 31.2 Å². The lowest BCUT2D eigenvalue weighted by Gasteiger charge is -2.10. The summed E-state index contributed by atoms with van der Waals surface area (Å²) in [6.07, 6.45) is 4.74. The molecule has 4 aromatic heterocycles. The molecule has 4 aromatic carbocycles. The number of Topliss-reactive ketones (excluding diaryl/α,β-unsaturated/α-hetero) is 2. The Labute approximate surface area is 426 Å². The molecule has 0 aliphatic rings. The van der Waals surface area contributed by atoms with Crippen molar-refractivity contribution in [3.63, 3.8) is 0 Å². The molecular formula is C58H70N6O6S2. The van der Waals surface area contributed by atoms with Gasteiger partial charge in [-0.25, -0.2) is 26.8 Å². The molecule has 0 fully saturated rings. The van der Waals surface area contributed by atoms with Crippen molar-refractivity contribution in [2.45, 2.75) is 131 Å². The number of benzene rings is 4. The molecule has 380 valence electrons. The second-order valence-electron chi connectivity index (χ2n) is 18.1. The number of hydrogen-bond acceptors (Lipinski definition) is 10. The van der Waals surface area contributed by atoms with Gasteiger partial charge in [-0.2, -0.15) is 0 Å². The molecular weight excluding hydrogens is 941 g/mol. The van der Waals surface area contributed by atoms with Crippen LogP contribution in [0, 0.1) is 41.5 Å². The average molecular weight is 1010 g/mol. The Balaban J connectivity index is 0.000000260. The normalized spacial score (nSPS) is 11.4. The van der Waals surface area contributed by atoms with E-state index in [4.69, 9.17) is 9.97 Å². The summed E-state index contributed by atoms with van der Waals surface area (Å²) in [5.41, 5.74) is 14.0. The van der Waals surface area contributed by atoms with Crippen LogP contribution in [0.1, 0.15) is 111 Å². The molecule has 0 saturated heterocycles. The van der Waals surface area contributed by atoms with E-state index in [1.54, 1.807) is 48.5 Å². The molecule has 0 atom stereocenters. The Morgan fingerprint density at radius 3 is 1.12 bits per heavy atom. The third kappa shape index (κ3) is 13.4. The topological polar surface area (TPSA) is 164 Å². The molecule has 8 rings (SSSR count). The van der Waals surface area contributed by atoms with E-state index in [2.05, 4.69) is 93.6 Å². The monoisotopic (exact) mass is 1010 g/mol. The first kappa shape index (κ1) is 56.3. The van der Waals surface area contributed by atoms with Crippen LogP contribution in [0.5, 0.6) is 0 Å². The van der Waals surface area contributed by atoms with E-state index in [9.17, 15) is 26.4 Å². The molecule has 72 heavy (non-hydrogen) atoms. The lowest BCUT2D eigenvalue weighted by atomic mass is 10.1. The summed E-state index contributed by atoms with van der Waals surface area (Å²) in [4.78, 5) is 43.8. The number of fused-ring (bicyclic) bond motifs is 2. The summed E-state index contributed by atoms with van der Waals surface area (Å²) in [5.74, 6) is 0.581. The fraction of sp³-hybridized carbons (Fsp3) is 0.345. The highest BCUT2D eigenvalue weighted by Crippen LogP contribution is 2.27. The smallest absolute Gasteiger partial charge is 0.185 e. The number of imidazole rings is 2. The largest absolute Gasteiger partial charge is 0.299 e. The van der Waals surface area contributed by atoms with Crippen molar-refractivity contribution in [3.8, 4) is 11.4 Å². The van der Waals surface area contributed by atoms with Crippen molar-refractivity contribution < 1.29 is 26.4 Å². The van der Waals surface area contributed by atoms with Gasteiger partial charge in [-0.15, -0.1) is 0 Å². The fourth-order valence-corrected chi connectivity index (χ4v) is 11.3. The van der Waals surface area contributed by atoms with E-state index in [1.807, 2.05) is 41.5 Å².